The van der Waals surface area contributed by atoms with Gasteiger partial charge in [-0.05, 0) is 56.6 Å². The van der Waals surface area contributed by atoms with Crippen LogP contribution in [0.1, 0.15) is 25.8 Å². The normalized spacial score (nSPS) is 23.9. The lowest BCUT2D eigenvalue weighted by Crippen LogP contribution is -2.34. The number of hydrogen-bond acceptors (Lipinski definition) is 3. The summed E-state index contributed by atoms with van der Waals surface area (Å²) in [5, 5.41) is 0. The van der Waals surface area contributed by atoms with E-state index in [0.29, 0.717) is 12.0 Å². The lowest BCUT2D eigenvalue weighted by molar-refractivity contribution is 0.266. The van der Waals surface area contributed by atoms with E-state index >= 15 is 0 Å². The number of halogens is 1. The van der Waals surface area contributed by atoms with Crippen LogP contribution in [0.2, 0.25) is 0 Å². The second-order valence-electron chi connectivity index (χ2n) is 6.56. The summed E-state index contributed by atoms with van der Waals surface area (Å²) in [5.74, 6) is 0.691. The molecule has 0 spiro atoms. The minimum Gasteiger partial charge on any atom is -0.369 e. The minimum atomic E-state index is 0.239. The van der Waals surface area contributed by atoms with Crippen LogP contribution in [0.3, 0.4) is 0 Å². The van der Waals surface area contributed by atoms with Crippen molar-refractivity contribution in [1.29, 1.82) is 0 Å². The topological polar surface area (TPSA) is 32.5 Å². The van der Waals surface area contributed by atoms with Crippen molar-refractivity contribution in [1.82, 2.24) is 4.90 Å². The minimum absolute atomic E-state index is 0.239. The summed E-state index contributed by atoms with van der Waals surface area (Å²) in [6, 6.07) is 7.48. The Morgan fingerprint density at radius 3 is 2.67 bits per heavy atom. The molecule has 3 atom stereocenters. The van der Waals surface area contributed by atoms with Crippen LogP contribution >= 0.6 is 15.9 Å². The second kappa shape index (κ2) is 7.12. The largest absolute Gasteiger partial charge is 0.369 e. The highest BCUT2D eigenvalue weighted by molar-refractivity contribution is 9.10. The first-order chi connectivity index (χ1) is 9.92. The van der Waals surface area contributed by atoms with Gasteiger partial charge < -0.3 is 15.5 Å². The zero-order valence-corrected chi connectivity index (χ0v) is 15.2. The average molecular weight is 354 g/mol. The molecule has 118 valence electrons. The first-order valence-electron chi connectivity index (χ1n) is 7.87. The number of benzene rings is 1. The molecule has 1 aliphatic heterocycles. The summed E-state index contributed by atoms with van der Waals surface area (Å²) < 4.78 is 1.14. The number of hydrogen-bond donors (Lipinski definition) is 1. The van der Waals surface area contributed by atoms with E-state index in [0.717, 1.165) is 30.4 Å². The molecule has 0 amide bonds. The summed E-state index contributed by atoms with van der Waals surface area (Å²) in [5.41, 5.74) is 8.91. The smallest absolute Gasteiger partial charge is 0.0400 e. The third-order valence-corrected chi connectivity index (χ3v) is 5.12. The van der Waals surface area contributed by atoms with Gasteiger partial charge in [-0.25, -0.2) is 0 Å². The van der Waals surface area contributed by atoms with Gasteiger partial charge in [-0.2, -0.15) is 0 Å². The van der Waals surface area contributed by atoms with E-state index in [1.807, 2.05) is 0 Å². The highest BCUT2D eigenvalue weighted by Crippen LogP contribution is 2.31. The molecule has 0 aliphatic carbocycles. The lowest BCUT2D eigenvalue weighted by Gasteiger charge is -2.25. The molecule has 1 aromatic carbocycles. The quantitative estimate of drug-likeness (QED) is 0.882. The molecule has 0 saturated carbocycles. The molecular weight excluding hydrogens is 326 g/mol. The fourth-order valence-electron chi connectivity index (χ4n) is 3.27. The Morgan fingerprint density at radius 2 is 2.10 bits per heavy atom. The summed E-state index contributed by atoms with van der Waals surface area (Å²) in [6.07, 6.45) is 1.96. The molecule has 21 heavy (non-hydrogen) atoms. The molecule has 4 heteroatoms. The van der Waals surface area contributed by atoms with Crippen molar-refractivity contribution in [3.8, 4) is 0 Å². The van der Waals surface area contributed by atoms with Gasteiger partial charge in [0.25, 0.3) is 0 Å². The monoisotopic (exact) mass is 353 g/mol. The number of likely N-dealkylation sites (N-methyl/N-ethyl adjacent to an activating group) is 1. The maximum atomic E-state index is 6.18. The van der Waals surface area contributed by atoms with Crippen molar-refractivity contribution in [3.05, 3.63) is 28.2 Å². The molecule has 1 fully saturated rings. The Labute approximate surface area is 137 Å². The van der Waals surface area contributed by atoms with E-state index < -0.39 is 0 Å². The molecule has 0 aromatic heterocycles. The van der Waals surface area contributed by atoms with Crippen molar-refractivity contribution in [3.63, 3.8) is 0 Å². The molecule has 0 bridgehead atoms. The van der Waals surface area contributed by atoms with Crippen LogP contribution < -0.4 is 10.6 Å². The Morgan fingerprint density at radius 1 is 1.38 bits per heavy atom. The van der Waals surface area contributed by atoms with Crippen molar-refractivity contribution in [2.24, 2.45) is 11.7 Å². The van der Waals surface area contributed by atoms with E-state index in [9.17, 15) is 0 Å². The fourth-order valence-corrected chi connectivity index (χ4v) is 3.68. The van der Waals surface area contributed by atoms with Gasteiger partial charge in [-0.1, -0.05) is 29.8 Å². The van der Waals surface area contributed by atoms with Crippen LogP contribution in [0.4, 0.5) is 5.69 Å². The van der Waals surface area contributed by atoms with Crippen LogP contribution in [0.5, 0.6) is 0 Å². The highest BCUT2D eigenvalue weighted by atomic mass is 79.9. The zero-order chi connectivity index (χ0) is 15.6. The lowest BCUT2D eigenvalue weighted by atomic mass is 10.0. The van der Waals surface area contributed by atoms with Crippen LogP contribution in [0.25, 0.3) is 0 Å². The number of anilines is 1. The standard InChI is InChI=1S/C17H28BrN3/c1-5-15(19)9-13-8-14(18)6-7-16(13)21-10-12(2)17(11-21)20(3)4/h6-8,12,15,17H,5,9-11,19H2,1-4H3. The molecule has 2 rings (SSSR count). The van der Waals surface area contributed by atoms with E-state index in [1.54, 1.807) is 0 Å². The van der Waals surface area contributed by atoms with Crippen LogP contribution in [-0.4, -0.2) is 44.2 Å². The summed E-state index contributed by atoms with van der Waals surface area (Å²) in [7, 11) is 4.36. The van der Waals surface area contributed by atoms with Gasteiger partial charge in [0.2, 0.25) is 0 Å². The van der Waals surface area contributed by atoms with Crippen molar-refractivity contribution in [2.45, 2.75) is 38.8 Å². The fraction of sp³-hybridized carbons (Fsp3) is 0.647. The average Bonchev–Trinajstić information content (AvgIpc) is 2.80. The van der Waals surface area contributed by atoms with E-state index in [4.69, 9.17) is 5.73 Å². The molecule has 1 aromatic rings. The predicted octanol–water partition coefficient (Wildman–Crippen LogP) is 3.12. The molecule has 1 saturated heterocycles. The van der Waals surface area contributed by atoms with Gasteiger partial charge >= 0.3 is 0 Å². The molecule has 3 unspecified atom stereocenters. The van der Waals surface area contributed by atoms with E-state index in [2.05, 4.69) is 71.9 Å². The molecule has 2 N–H and O–H groups in total. The Bertz CT molecular complexity index is 475. The van der Waals surface area contributed by atoms with Crippen molar-refractivity contribution in [2.75, 3.05) is 32.1 Å². The third-order valence-electron chi connectivity index (χ3n) is 4.62. The Hall–Kier alpha value is -0.580. The number of nitrogens with two attached hydrogens (primary N) is 1. The maximum Gasteiger partial charge on any atom is 0.0400 e. The van der Waals surface area contributed by atoms with Crippen molar-refractivity contribution >= 4 is 21.6 Å². The number of nitrogens with zero attached hydrogens (tertiary/aromatic N) is 2. The van der Waals surface area contributed by atoms with Crippen LogP contribution in [0, 0.1) is 5.92 Å². The Balaban J connectivity index is 2.23. The molecular formula is C17H28BrN3. The first-order valence-corrected chi connectivity index (χ1v) is 8.67. The van der Waals surface area contributed by atoms with Gasteiger partial charge in [-0.3, -0.25) is 0 Å². The zero-order valence-electron chi connectivity index (χ0n) is 13.6. The summed E-state index contributed by atoms with van der Waals surface area (Å²) in [4.78, 5) is 4.88. The van der Waals surface area contributed by atoms with Crippen molar-refractivity contribution < 1.29 is 0 Å². The van der Waals surface area contributed by atoms with E-state index in [-0.39, 0.29) is 6.04 Å². The van der Waals surface area contributed by atoms with Gasteiger partial charge in [0.1, 0.15) is 0 Å². The first kappa shape index (κ1) is 16.8. The van der Waals surface area contributed by atoms with Gasteiger partial charge in [0.15, 0.2) is 0 Å². The summed E-state index contributed by atoms with van der Waals surface area (Å²) in [6.45, 7) is 6.73. The second-order valence-corrected chi connectivity index (χ2v) is 7.47. The van der Waals surface area contributed by atoms with Gasteiger partial charge in [-0.15, -0.1) is 0 Å². The third kappa shape index (κ3) is 3.99. The van der Waals surface area contributed by atoms with E-state index in [1.165, 1.54) is 11.3 Å². The molecule has 3 nitrogen and oxygen atoms in total. The van der Waals surface area contributed by atoms with Crippen LogP contribution in [-0.2, 0) is 6.42 Å². The van der Waals surface area contributed by atoms with Gasteiger partial charge in [0, 0.05) is 35.3 Å². The van der Waals surface area contributed by atoms with Gasteiger partial charge in [0.05, 0.1) is 0 Å². The highest BCUT2D eigenvalue weighted by Gasteiger charge is 2.32. The SMILES string of the molecule is CCC(N)Cc1cc(Br)ccc1N1CC(C)C(N(C)C)C1. The Kier molecular flexibility index (Phi) is 5.69. The number of rotatable bonds is 5. The predicted molar refractivity (Wildman–Crippen MR) is 95.0 cm³/mol. The molecule has 1 aliphatic rings. The molecule has 1 heterocycles. The summed E-state index contributed by atoms with van der Waals surface area (Å²) >= 11 is 3.60. The molecule has 0 radical (unpaired) electrons. The maximum absolute atomic E-state index is 6.18. The van der Waals surface area contributed by atoms with Crippen LogP contribution in [0.15, 0.2) is 22.7 Å².